The Hall–Kier alpha value is -1.11. The molecule has 0 saturated heterocycles. The molecule has 0 saturated carbocycles. The maximum Gasteiger partial charge on any atom is 0.263 e. The highest BCUT2D eigenvalue weighted by atomic mass is 35.5. The molecule has 0 aromatic heterocycles. The van der Waals surface area contributed by atoms with Crippen LogP contribution in [0.3, 0.4) is 0 Å². The summed E-state index contributed by atoms with van der Waals surface area (Å²) in [5, 5.41) is 28.2. The van der Waals surface area contributed by atoms with Crippen LogP contribution in [0.1, 0.15) is 17.6 Å². The summed E-state index contributed by atoms with van der Waals surface area (Å²) in [6.45, 7) is 0. The lowest BCUT2D eigenvalue weighted by Crippen LogP contribution is -2.13. The van der Waals surface area contributed by atoms with Crippen molar-refractivity contribution >= 4 is 17.3 Å². The molecule has 0 aliphatic heterocycles. The number of nitrogens with zero attached hydrogens (tertiary/aromatic N) is 1. The average Bonchev–Trinajstić information content (AvgIpc) is 2.17. The summed E-state index contributed by atoms with van der Waals surface area (Å²) in [5.74, 6) is -1.16. The van der Waals surface area contributed by atoms with Crippen molar-refractivity contribution in [3.8, 4) is 5.75 Å². The first-order valence-corrected chi connectivity index (χ1v) is 4.36. The van der Waals surface area contributed by atoms with Gasteiger partial charge in [0.2, 0.25) is 0 Å². The molecule has 1 aromatic carbocycles. The third kappa shape index (κ3) is 2.47. The molecule has 0 aliphatic carbocycles. The molecule has 0 radical (unpaired) electrons. The van der Waals surface area contributed by atoms with Crippen LogP contribution in [0.25, 0.3) is 0 Å². The first-order valence-electron chi connectivity index (χ1n) is 3.83. The van der Waals surface area contributed by atoms with Gasteiger partial charge in [-0.15, -0.1) is 16.8 Å². The lowest BCUT2D eigenvalue weighted by atomic mass is 10.1. The quantitative estimate of drug-likeness (QED) is 0.625. The molecular weight excluding hydrogens is 232 g/mol. The molecular formula is C8H7ClF2NO3-. The normalized spacial score (nSPS) is 10.8. The second-order valence-corrected chi connectivity index (χ2v) is 3.01. The van der Waals surface area contributed by atoms with Crippen LogP contribution < -0.4 is 10.3 Å². The molecule has 2 N–H and O–H groups in total. The van der Waals surface area contributed by atoms with Gasteiger partial charge in [0, 0.05) is 11.4 Å². The van der Waals surface area contributed by atoms with Gasteiger partial charge in [-0.25, -0.2) is 8.78 Å². The molecule has 4 nitrogen and oxygen atoms in total. The van der Waals surface area contributed by atoms with E-state index in [4.69, 9.17) is 22.0 Å². The predicted molar refractivity (Wildman–Crippen MR) is 46.5 cm³/mol. The molecule has 0 atom stereocenters. The van der Waals surface area contributed by atoms with E-state index >= 15 is 0 Å². The molecule has 1 aromatic rings. The summed E-state index contributed by atoms with van der Waals surface area (Å²) in [6, 6.07) is 1.73. The van der Waals surface area contributed by atoms with Crippen LogP contribution in [0.15, 0.2) is 12.1 Å². The topological polar surface area (TPSA) is 66.8 Å². The molecule has 0 unspecified atom stereocenters. The molecule has 15 heavy (non-hydrogen) atoms. The highest BCUT2D eigenvalue weighted by molar-refractivity contribution is 6.17. The molecule has 1 rings (SSSR count). The largest absolute Gasteiger partial charge is 0.872 e. The lowest BCUT2D eigenvalue weighted by Gasteiger charge is -2.20. The van der Waals surface area contributed by atoms with Gasteiger partial charge in [-0.2, -0.15) is 0 Å². The van der Waals surface area contributed by atoms with Gasteiger partial charge in [0.1, 0.15) is 0 Å². The highest BCUT2D eigenvalue weighted by Crippen LogP contribution is 2.33. The van der Waals surface area contributed by atoms with Gasteiger partial charge in [0.25, 0.3) is 6.43 Å². The van der Waals surface area contributed by atoms with Gasteiger partial charge >= 0.3 is 0 Å². The van der Waals surface area contributed by atoms with Crippen molar-refractivity contribution < 1.29 is 24.3 Å². The van der Waals surface area contributed by atoms with E-state index in [-0.39, 0.29) is 22.4 Å². The van der Waals surface area contributed by atoms with E-state index in [1.807, 2.05) is 0 Å². The molecule has 84 valence electrons. The Kier molecular flexibility index (Phi) is 3.67. The van der Waals surface area contributed by atoms with Crippen molar-refractivity contribution in [3.05, 3.63) is 23.3 Å². The summed E-state index contributed by atoms with van der Waals surface area (Å²) < 4.78 is 24.7. The number of rotatable bonds is 3. The fourth-order valence-electron chi connectivity index (χ4n) is 1.07. The van der Waals surface area contributed by atoms with Crippen LogP contribution in [-0.4, -0.2) is 10.4 Å². The van der Waals surface area contributed by atoms with Gasteiger partial charge < -0.3 is 5.11 Å². The minimum absolute atomic E-state index is 0.113. The molecule has 0 aliphatic rings. The molecule has 7 heteroatoms. The number of halogens is 3. The lowest BCUT2D eigenvalue weighted by molar-refractivity contribution is -0.271. The Morgan fingerprint density at radius 1 is 1.40 bits per heavy atom. The number of hydrogen-bond donors (Lipinski definition) is 2. The van der Waals surface area contributed by atoms with Crippen molar-refractivity contribution in [1.82, 2.24) is 0 Å². The first kappa shape index (κ1) is 12.0. The van der Waals surface area contributed by atoms with Crippen LogP contribution in [0.2, 0.25) is 0 Å². The smallest absolute Gasteiger partial charge is 0.263 e. The summed E-state index contributed by atoms with van der Waals surface area (Å²) in [4.78, 5) is 0. The monoisotopic (exact) mass is 238 g/mol. The van der Waals surface area contributed by atoms with E-state index in [1.54, 1.807) is 0 Å². The third-order valence-corrected chi connectivity index (χ3v) is 2.08. The van der Waals surface area contributed by atoms with Gasteiger partial charge in [0.15, 0.2) is 0 Å². The maximum absolute atomic E-state index is 12.4. The minimum Gasteiger partial charge on any atom is -0.872 e. The number of anilines is 1. The van der Waals surface area contributed by atoms with Crippen LogP contribution in [0.4, 0.5) is 14.5 Å². The van der Waals surface area contributed by atoms with Crippen molar-refractivity contribution in [2.75, 3.05) is 5.23 Å². The number of alkyl halides is 3. The Morgan fingerprint density at radius 2 is 2.00 bits per heavy atom. The SMILES string of the molecule is [O-]c1c(CCl)cc(N(O)O)cc1C(F)F. The second-order valence-electron chi connectivity index (χ2n) is 2.75. The summed E-state index contributed by atoms with van der Waals surface area (Å²) in [6.07, 6.45) is -2.99. The number of hydrogen-bond acceptors (Lipinski definition) is 4. The Balaban J connectivity index is 3.32. The summed E-state index contributed by atoms with van der Waals surface area (Å²) >= 11 is 5.36. The van der Waals surface area contributed by atoms with Crippen LogP contribution in [0, 0.1) is 0 Å². The van der Waals surface area contributed by atoms with Crippen molar-refractivity contribution in [2.24, 2.45) is 0 Å². The van der Waals surface area contributed by atoms with E-state index in [9.17, 15) is 13.9 Å². The van der Waals surface area contributed by atoms with Crippen LogP contribution in [-0.2, 0) is 5.88 Å². The molecule has 0 amide bonds. The summed E-state index contributed by atoms with van der Waals surface area (Å²) in [5.41, 5.74) is -1.26. The molecule has 0 heterocycles. The zero-order valence-electron chi connectivity index (χ0n) is 7.32. The average molecular weight is 239 g/mol. The maximum atomic E-state index is 12.4. The Morgan fingerprint density at radius 3 is 2.40 bits per heavy atom. The Bertz CT molecular complexity index is 360. The van der Waals surface area contributed by atoms with Gasteiger partial charge in [0.05, 0.1) is 5.69 Å². The van der Waals surface area contributed by atoms with E-state index in [2.05, 4.69) is 0 Å². The fraction of sp³-hybridized carbons (Fsp3) is 0.250. The van der Waals surface area contributed by atoms with E-state index < -0.39 is 17.7 Å². The van der Waals surface area contributed by atoms with Gasteiger partial charge in [-0.05, 0) is 17.7 Å². The van der Waals surface area contributed by atoms with Gasteiger partial charge in [-0.1, -0.05) is 5.75 Å². The van der Waals surface area contributed by atoms with Crippen LogP contribution in [0.5, 0.6) is 5.75 Å². The molecule has 0 spiro atoms. The first-order chi connectivity index (χ1) is 6.97. The second kappa shape index (κ2) is 4.61. The zero-order chi connectivity index (χ0) is 11.6. The standard InChI is InChI=1S/C8H8ClF2NO3/c9-3-4-1-5(12(14)15)2-6(7(4)13)8(10)11/h1-2,8,13-15H,3H2/p-1. The van der Waals surface area contributed by atoms with E-state index in [1.165, 1.54) is 0 Å². The summed E-state index contributed by atoms with van der Waals surface area (Å²) in [7, 11) is 0. The fourth-order valence-corrected chi connectivity index (χ4v) is 1.27. The number of benzene rings is 1. The van der Waals surface area contributed by atoms with E-state index in [0.717, 1.165) is 6.07 Å². The minimum atomic E-state index is -2.99. The predicted octanol–water partition coefficient (Wildman–Crippen LogP) is 2.02. The molecule has 0 fully saturated rings. The third-order valence-electron chi connectivity index (χ3n) is 1.79. The van der Waals surface area contributed by atoms with Crippen LogP contribution >= 0.6 is 11.6 Å². The van der Waals surface area contributed by atoms with Crippen molar-refractivity contribution in [1.29, 1.82) is 0 Å². The highest BCUT2D eigenvalue weighted by Gasteiger charge is 2.13. The van der Waals surface area contributed by atoms with Crippen molar-refractivity contribution in [2.45, 2.75) is 12.3 Å². The zero-order valence-corrected chi connectivity index (χ0v) is 8.08. The van der Waals surface area contributed by atoms with E-state index in [0.29, 0.717) is 6.07 Å². The van der Waals surface area contributed by atoms with Gasteiger partial charge in [-0.3, -0.25) is 10.4 Å². The molecule has 0 bridgehead atoms. The Labute approximate surface area is 88.8 Å². The van der Waals surface area contributed by atoms with Crippen molar-refractivity contribution in [3.63, 3.8) is 0 Å².